The van der Waals surface area contributed by atoms with E-state index < -0.39 is 0 Å². The average Bonchev–Trinajstić information content (AvgIpc) is 3.14. The van der Waals surface area contributed by atoms with E-state index in [4.69, 9.17) is 11.6 Å². The quantitative estimate of drug-likeness (QED) is 0.584. The molecule has 0 unspecified atom stereocenters. The van der Waals surface area contributed by atoms with E-state index >= 15 is 0 Å². The fourth-order valence-electron chi connectivity index (χ4n) is 2.59. The summed E-state index contributed by atoms with van der Waals surface area (Å²) in [5.41, 5.74) is 2.03. The van der Waals surface area contributed by atoms with Gasteiger partial charge in [-0.15, -0.1) is 5.10 Å². The molecule has 27 heavy (non-hydrogen) atoms. The summed E-state index contributed by atoms with van der Waals surface area (Å²) < 4.78 is 1.57. The number of hydrogen-bond donors (Lipinski definition) is 1. The number of amides is 1. The van der Waals surface area contributed by atoms with Crippen LogP contribution in [0.15, 0.2) is 59.8 Å². The van der Waals surface area contributed by atoms with Crippen molar-refractivity contribution in [3.05, 3.63) is 65.2 Å². The highest BCUT2D eigenvalue weighted by Crippen LogP contribution is 2.20. The van der Waals surface area contributed by atoms with Gasteiger partial charge in [0, 0.05) is 11.1 Å². The van der Waals surface area contributed by atoms with Gasteiger partial charge in [0.2, 0.25) is 11.1 Å². The Kier molecular flexibility index (Phi) is 6.84. The summed E-state index contributed by atoms with van der Waals surface area (Å²) in [4.78, 5) is 12.2. The number of halogens is 1. The number of carbonyl (C=O) groups is 1. The van der Waals surface area contributed by atoms with Gasteiger partial charge in [-0.3, -0.25) is 4.79 Å². The molecule has 1 aromatic heterocycles. The first-order valence-electron chi connectivity index (χ1n) is 8.62. The van der Waals surface area contributed by atoms with Crippen LogP contribution in [0.5, 0.6) is 0 Å². The zero-order valence-electron chi connectivity index (χ0n) is 14.9. The number of rotatable bonds is 8. The van der Waals surface area contributed by atoms with Crippen LogP contribution < -0.4 is 5.32 Å². The number of tetrazole rings is 1. The van der Waals surface area contributed by atoms with Gasteiger partial charge in [0.25, 0.3) is 0 Å². The second kappa shape index (κ2) is 9.53. The number of nitrogens with one attached hydrogen (secondary N) is 1. The smallest absolute Gasteiger partial charge is 0.230 e. The third-order valence-electron chi connectivity index (χ3n) is 3.94. The van der Waals surface area contributed by atoms with E-state index in [0.717, 1.165) is 18.5 Å². The van der Waals surface area contributed by atoms with E-state index in [1.54, 1.807) is 16.8 Å². The molecule has 140 valence electrons. The molecule has 0 bridgehead atoms. The molecule has 3 rings (SSSR count). The Bertz CT molecular complexity index is 887. The van der Waals surface area contributed by atoms with Crippen LogP contribution in [-0.2, 0) is 11.2 Å². The lowest BCUT2D eigenvalue weighted by Gasteiger charge is -2.13. The Morgan fingerprint density at radius 1 is 1.22 bits per heavy atom. The number of carbonyl (C=O) groups excluding carboxylic acids is 1. The van der Waals surface area contributed by atoms with Crippen molar-refractivity contribution >= 4 is 29.3 Å². The predicted molar refractivity (Wildman–Crippen MR) is 107 cm³/mol. The molecule has 0 aliphatic carbocycles. The summed E-state index contributed by atoms with van der Waals surface area (Å²) in [6, 6.07) is 17.6. The molecule has 6 nitrogen and oxygen atoms in total. The van der Waals surface area contributed by atoms with Crippen molar-refractivity contribution in [1.82, 2.24) is 25.5 Å². The predicted octanol–water partition coefficient (Wildman–Crippen LogP) is 3.55. The molecular weight excluding hydrogens is 382 g/mol. The maximum Gasteiger partial charge on any atom is 0.230 e. The first-order chi connectivity index (χ1) is 13.1. The molecule has 0 saturated carbocycles. The molecule has 1 N–H and O–H groups in total. The number of nitrogens with zero attached hydrogens (tertiary/aromatic N) is 4. The average molecular weight is 402 g/mol. The van der Waals surface area contributed by atoms with Crippen molar-refractivity contribution in [2.24, 2.45) is 0 Å². The summed E-state index contributed by atoms with van der Waals surface area (Å²) in [5.74, 6) is 0.206. The second-order valence-corrected chi connectivity index (χ2v) is 7.51. The first kappa shape index (κ1) is 19.4. The molecule has 1 amide bonds. The zero-order chi connectivity index (χ0) is 19.1. The fourth-order valence-corrected chi connectivity index (χ4v) is 3.47. The molecule has 8 heteroatoms. The van der Waals surface area contributed by atoms with E-state index in [9.17, 15) is 4.79 Å². The number of hydrogen-bond acceptors (Lipinski definition) is 5. The Hall–Kier alpha value is -2.38. The Morgan fingerprint density at radius 3 is 2.81 bits per heavy atom. The molecule has 1 heterocycles. The van der Waals surface area contributed by atoms with Crippen LogP contribution in [0.2, 0.25) is 5.02 Å². The van der Waals surface area contributed by atoms with Crippen molar-refractivity contribution in [2.45, 2.75) is 31.0 Å². The number of aromatic nitrogens is 4. The van der Waals surface area contributed by atoms with Gasteiger partial charge in [0.05, 0.1) is 11.4 Å². The summed E-state index contributed by atoms with van der Waals surface area (Å²) in [6.07, 6.45) is 1.82. The summed E-state index contributed by atoms with van der Waals surface area (Å²) in [5, 5.41) is 15.8. The van der Waals surface area contributed by atoms with Crippen LogP contribution in [-0.4, -0.2) is 37.9 Å². The number of aryl methyl sites for hydroxylation is 1. The number of thioether (sulfide) groups is 1. The highest BCUT2D eigenvalue weighted by molar-refractivity contribution is 7.99. The topological polar surface area (TPSA) is 72.7 Å². The Labute approximate surface area is 167 Å². The van der Waals surface area contributed by atoms with Crippen LogP contribution in [0.1, 0.15) is 18.9 Å². The molecule has 2 aromatic carbocycles. The van der Waals surface area contributed by atoms with Gasteiger partial charge in [-0.1, -0.05) is 59.8 Å². The van der Waals surface area contributed by atoms with Gasteiger partial charge in [0.1, 0.15) is 0 Å². The van der Waals surface area contributed by atoms with Crippen molar-refractivity contribution in [1.29, 1.82) is 0 Å². The highest BCUT2D eigenvalue weighted by atomic mass is 35.5. The van der Waals surface area contributed by atoms with Gasteiger partial charge in [-0.25, -0.2) is 0 Å². The van der Waals surface area contributed by atoms with E-state index in [0.29, 0.717) is 10.2 Å². The van der Waals surface area contributed by atoms with Gasteiger partial charge in [-0.05, 0) is 54.0 Å². The van der Waals surface area contributed by atoms with Crippen molar-refractivity contribution < 1.29 is 4.79 Å². The molecular formula is C19H20ClN5OS. The van der Waals surface area contributed by atoms with Crippen LogP contribution in [0, 0.1) is 0 Å². The third-order valence-corrected chi connectivity index (χ3v) is 5.10. The lowest BCUT2D eigenvalue weighted by Crippen LogP contribution is -2.34. The summed E-state index contributed by atoms with van der Waals surface area (Å²) in [7, 11) is 0. The Balaban J connectivity index is 1.49. The fraction of sp³-hybridized carbons (Fsp3) is 0.263. The summed E-state index contributed by atoms with van der Waals surface area (Å²) in [6.45, 7) is 2.02. The lowest BCUT2D eigenvalue weighted by atomic mass is 10.1. The first-order valence-corrected chi connectivity index (χ1v) is 9.98. The van der Waals surface area contributed by atoms with E-state index in [2.05, 4.69) is 33.0 Å². The van der Waals surface area contributed by atoms with Gasteiger partial charge in [0.15, 0.2) is 0 Å². The Morgan fingerprint density at radius 2 is 2.04 bits per heavy atom. The third kappa shape index (κ3) is 5.80. The number of benzene rings is 2. The van der Waals surface area contributed by atoms with Crippen molar-refractivity contribution in [3.8, 4) is 5.69 Å². The van der Waals surface area contributed by atoms with E-state index in [1.807, 2.05) is 37.3 Å². The monoisotopic (exact) mass is 401 g/mol. The minimum Gasteiger partial charge on any atom is -0.353 e. The van der Waals surface area contributed by atoms with Gasteiger partial charge < -0.3 is 5.32 Å². The molecule has 1 atom stereocenters. The van der Waals surface area contributed by atoms with E-state index in [-0.39, 0.29) is 17.7 Å². The highest BCUT2D eigenvalue weighted by Gasteiger charge is 2.13. The lowest BCUT2D eigenvalue weighted by molar-refractivity contribution is -0.119. The minimum absolute atomic E-state index is 0.0406. The van der Waals surface area contributed by atoms with E-state index in [1.165, 1.54) is 17.3 Å². The van der Waals surface area contributed by atoms with Gasteiger partial charge >= 0.3 is 0 Å². The SMILES string of the molecule is C[C@H](CCc1ccccc1)NC(=O)CSc1nnnn1-c1cccc(Cl)c1. The normalized spacial score (nSPS) is 11.9. The van der Waals surface area contributed by atoms with Crippen LogP contribution in [0.25, 0.3) is 5.69 Å². The zero-order valence-corrected chi connectivity index (χ0v) is 16.5. The molecule has 0 spiro atoms. The van der Waals surface area contributed by atoms with Crippen molar-refractivity contribution in [2.75, 3.05) is 5.75 Å². The van der Waals surface area contributed by atoms with Gasteiger partial charge in [-0.2, -0.15) is 4.68 Å². The van der Waals surface area contributed by atoms with Crippen LogP contribution in [0.4, 0.5) is 0 Å². The largest absolute Gasteiger partial charge is 0.353 e. The maximum absolute atomic E-state index is 12.2. The summed E-state index contributed by atoms with van der Waals surface area (Å²) >= 11 is 7.31. The molecule has 0 aliphatic heterocycles. The van der Waals surface area contributed by atoms with Crippen LogP contribution in [0.3, 0.4) is 0 Å². The molecule has 3 aromatic rings. The molecule has 0 radical (unpaired) electrons. The minimum atomic E-state index is -0.0406. The molecule has 0 saturated heterocycles. The maximum atomic E-state index is 12.2. The standard InChI is InChI=1S/C19H20ClN5OS/c1-14(10-11-15-6-3-2-4-7-15)21-18(26)13-27-19-22-23-24-25(19)17-9-5-8-16(20)12-17/h2-9,12,14H,10-11,13H2,1H3,(H,21,26)/t14-/m1/s1. The molecule has 0 aliphatic rings. The second-order valence-electron chi connectivity index (χ2n) is 6.13. The van der Waals surface area contributed by atoms with Crippen LogP contribution >= 0.6 is 23.4 Å². The molecule has 0 fully saturated rings. The van der Waals surface area contributed by atoms with Crippen molar-refractivity contribution in [3.63, 3.8) is 0 Å².